The summed E-state index contributed by atoms with van der Waals surface area (Å²) in [5, 5.41) is 13.9. The molecule has 0 saturated heterocycles. The molecule has 0 saturated carbocycles. The summed E-state index contributed by atoms with van der Waals surface area (Å²) in [6.45, 7) is 6.90. The van der Waals surface area contributed by atoms with Crippen LogP contribution in [-0.2, 0) is 5.60 Å². The van der Waals surface area contributed by atoms with E-state index < -0.39 is 11.4 Å². The second kappa shape index (κ2) is 6.23. The molecule has 0 amide bonds. The molecule has 1 unspecified atom stereocenters. The van der Waals surface area contributed by atoms with Gasteiger partial charge in [-0.2, -0.15) is 4.98 Å². The first-order chi connectivity index (χ1) is 13.2. The van der Waals surface area contributed by atoms with Crippen LogP contribution in [0.3, 0.4) is 0 Å². The fraction of sp³-hybridized carbons (Fsp3) is 0.368. The van der Waals surface area contributed by atoms with Crippen molar-refractivity contribution in [3.63, 3.8) is 0 Å². The Morgan fingerprint density at radius 2 is 2.07 bits per heavy atom. The van der Waals surface area contributed by atoms with E-state index in [2.05, 4.69) is 15.1 Å². The molecule has 28 heavy (non-hydrogen) atoms. The molecule has 1 N–H and O–H groups in total. The number of halogens is 1. The van der Waals surface area contributed by atoms with Crippen LogP contribution >= 0.6 is 0 Å². The molecule has 0 aliphatic rings. The zero-order chi connectivity index (χ0) is 20.2. The second-order valence-corrected chi connectivity index (χ2v) is 7.36. The lowest BCUT2D eigenvalue weighted by molar-refractivity contribution is 0.0420. The maximum atomic E-state index is 13.9. The van der Waals surface area contributed by atoms with Crippen LogP contribution in [0.2, 0.25) is 0 Å². The highest BCUT2D eigenvalue weighted by Gasteiger charge is 2.27. The van der Waals surface area contributed by atoms with E-state index in [1.165, 1.54) is 32.3 Å². The van der Waals surface area contributed by atoms with Crippen LogP contribution < -0.4 is 5.56 Å². The van der Waals surface area contributed by atoms with Gasteiger partial charge in [-0.15, -0.1) is 0 Å². The molecule has 0 radical (unpaired) electrons. The van der Waals surface area contributed by atoms with Crippen molar-refractivity contribution in [1.29, 1.82) is 0 Å². The van der Waals surface area contributed by atoms with E-state index in [4.69, 9.17) is 4.52 Å². The van der Waals surface area contributed by atoms with Crippen molar-refractivity contribution in [2.24, 2.45) is 0 Å². The molecule has 0 bridgehead atoms. The average Bonchev–Trinajstić information content (AvgIpc) is 3.28. The molecule has 146 valence electrons. The standard InChI is InChI=1S/C19H20FN5O3/c1-5-10(2)25-13-8-11(20)6-7-12(13)24-9-21-14(15(24)17(25)26)16-22-18(28-23-16)19(3,4)27/h6-10,27H,5H2,1-4H3. The van der Waals surface area contributed by atoms with Gasteiger partial charge >= 0.3 is 0 Å². The largest absolute Gasteiger partial charge is 0.381 e. The van der Waals surface area contributed by atoms with Crippen molar-refractivity contribution in [3.05, 3.63) is 46.6 Å². The quantitative estimate of drug-likeness (QED) is 0.580. The monoisotopic (exact) mass is 385 g/mol. The fourth-order valence-electron chi connectivity index (χ4n) is 3.20. The Bertz CT molecular complexity index is 1250. The fourth-order valence-corrected chi connectivity index (χ4v) is 3.20. The van der Waals surface area contributed by atoms with Gasteiger partial charge in [0.1, 0.15) is 29.0 Å². The maximum Gasteiger partial charge on any atom is 0.278 e. The Balaban J connectivity index is 2.08. The van der Waals surface area contributed by atoms with Crippen molar-refractivity contribution in [1.82, 2.24) is 24.1 Å². The summed E-state index contributed by atoms with van der Waals surface area (Å²) in [4.78, 5) is 21.9. The maximum absolute atomic E-state index is 13.9. The number of aliphatic hydroxyl groups is 1. The highest BCUT2D eigenvalue weighted by molar-refractivity contribution is 5.83. The van der Waals surface area contributed by atoms with Crippen LogP contribution in [0, 0.1) is 5.82 Å². The Morgan fingerprint density at radius 1 is 1.32 bits per heavy atom. The summed E-state index contributed by atoms with van der Waals surface area (Å²) in [7, 11) is 0. The zero-order valence-electron chi connectivity index (χ0n) is 16.0. The van der Waals surface area contributed by atoms with E-state index in [1.807, 2.05) is 13.8 Å². The van der Waals surface area contributed by atoms with Gasteiger partial charge in [0.2, 0.25) is 5.82 Å². The number of benzene rings is 1. The van der Waals surface area contributed by atoms with Gasteiger partial charge in [-0.3, -0.25) is 9.20 Å². The molecule has 1 aromatic carbocycles. The molecule has 0 aliphatic heterocycles. The summed E-state index contributed by atoms with van der Waals surface area (Å²) in [6.07, 6.45) is 2.17. The summed E-state index contributed by atoms with van der Waals surface area (Å²) in [5.41, 5.74) is -0.00554. The molecule has 4 aromatic rings. The van der Waals surface area contributed by atoms with Crippen LogP contribution in [0.5, 0.6) is 0 Å². The molecule has 9 heteroatoms. The smallest absolute Gasteiger partial charge is 0.278 e. The summed E-state index contributed by atoms with van der Waals surface area (Å²) < 4.78 is 22.2. The van der Waals surface area contributed by atoms with E-state index in [9.17, 15) is 14.3 Å². The normalized spacial score (nSPS) is 13.5. The summed E-state index contributed by atoms with van der Waals surface area (Å²) >= 11 is 0. The molecule has 0 spiro atoms. The predicted octanol–water partition coefficient (Wildman–Crippen LogP) is 3.04. The van der Waals surface area contributed by atoms with Gasteiger partial charge in [-0.1, -0.05) is 12.1 Å². The van der Waals surface area contributed by atoms with Gasteiger partial charge in [0, 0.05) is 6.04 Å². The minimum Gasteiger partial charge on any atom is -0.381 e. The third kappa shape index (κ3) is 2.70. The minimum absolute atomic E-state index is 0.0220. The van der Waals surface area contributed by atoms with Crippen LogP contribution in [-0.4, -0.2) is 29.2 Å². The summed E-state index contributed by atoms with van der Waals surface area (Å²) in [5.74, 6) is -0.292. The minimum atomic E-state index is -1.32. The SMILES string of the molecule is CCC(C)n1c(=O)c2c(-c3noc(C(C)(C)O)n3)ncn2c2ccc(F)cc21. The van der Waals surface area contributed by atoms with Gasteiger partial charge in [0.15, 0.2) is 0 Å². The van der Waals surface area contributed by atoms with Crippen molar-refractivity contribution in [3.8, 4) is 11.5 Å². The molecule has 3 aromatic heterocycles. The Kier molecular flexibility index (Phi) is 4.07. The number of hydrogen-bond acceptors (Lipinski definition) is 6. The first-order valence-corrected chi connectivity index (χ1v) is 9.00. The van der Waals surface area contributed by atoms with Gasteiger partial charge in [-0.25, -0.2) is 9.37 Å². The molecule has 8 nitrogen and oxygen atoms in total. The van der Waals surface area contributed by atoms with Gasteiger partial charge in [0.25, 0.3) is 11.4 Å². The zero-order valence-corrected chi connectivity index (χ0v) is 16.0. The highest BCUT2D eigenvalue weighted by atomic mass is 19.1. The number of fused-ring (bicyclic) bond motifs is 3. The number of nitrogens with zero attached hydrogens (tertiary/aromatic N) is 5. The predicted molar refractivity (Wildman–Crippen MR) is 100 cm³/mol. The lowest BCUT2D eigenvalue weighted by Crippen LogP contribution is -2.25. The molecule has 3 heterocycles. The van der Waals surface area contributed by atoms with Gasteiger partial charge in [-0.05, 0) is 45.4 Å². The third-order valence-electron chi connectivity index (χ3n) is 4.84. The number of aromatic nitrogens is 5. The van der Waals surface area contributed by atoms with Gasteiger partial charge in [0.05, 0.1) is 11.0 Å². The van der Waals surface area contributed by atoms with E-state index in [0.29, 0.717) is 17.5 Å². The van der Waals surface area contributed by atoms with Crippen molar-refractivity contribution < 1.29 is 14.0 Å². The average molecular weight is 385 g/mol. The molecular weight excluding hydrogens is 365 g/mol. The van der Waals surface area contributed by atoms with Crippen LogP contribution in [0.15, 0.2) is 33.8 Å². The molecule has 4 rings (SSSR count). The highest BCUT2D eigenvalue weighted by Crippen LogP contribution is 2.27. The third-order valence-corrected chi connectivity index (χ3v) is 4.84. The first-order valence-electron chi connectivity index (χ1n) is 9.00. The van der Waals surface area contributed by atoms with E-state index in [0.717, 1.165) is 0 Å². The molecule has 1 atom stereocenters. The topological polar surface area (TPSA) is 98.5 Å². The summed E-state index contributed by atoms with van der Waals surface area (Å²) in [6, 6.07) is 4.15. The number of rotatable bonds is 4. The van der Waals surface area contributed by atoms with Crippen molar-refractivity contribution in [2.75, 3.05) is 0 Å². The van der Waals surface area contributed by atoms with Crippen molar-refractivity contribution >= 4 is 16.6 Å². The number of imidazole rings is 1. The second-order valence-electron chi connectivity index (χ2n) is 7.36. The molecular formula is C19H20FN5O3. The lowest BCUT2D eigenvalue weighted by atomic mass is 10.1. The van der Waals surface area contributed by atoms with Crippen LogP contribution in [0.25, 0.3) is 28.1 Å². The van der Waals surface area contributed by atoms with E-state index >= 15 is 0 Å². The lowest BCUT2D eigenvalue weighted by Gasteiger charge is -2.17. The Labute approximate surface area is 159 Å². The number of hydrogen-bond donors (Lipinski definition) is 1. The van der Waals surface area contributed by atoms with Crippen LogP contribution in [0.4, 0.5) is 4.39 Å². The van der Waals surface area contributed by atoms with Crippen LogP contribution in [0.1, 0.15) is 46.0 Å². The Morgan fingerprint density at radius 3 is 2.71 bits per heavy atom. The van der Waals surface area contributed by atoms with Gasteiger partial charge < -0.3 is 14.2 Å². The van der Waals surface area contributed by atoms with E-state index in [-0.39, 0.29) is 34.5 Å². The van der Waals surface area contributed by atoms with E-state index in [1.54, 1.807) is 15.0 Å². The first kappa shape index (κ1) is 18.3. The Hall–Kier alpha value is -3.07. The van der Waals surface area contributed by atoms with Crippen molar-refractivity contribution in [2.45, 2.75) is 45.8 Å². The molecule has 0 fully saturated rings. The molecule has 0 aliphatic carbocycles.